The van der Waals surface area contributed by atoms with Crippen LogP contribution >= 0.6 is 0 Å². The maximum absolute atomic E-state index is 11.3. The number of hydrogen-bond donors (Lipinski definition) is 0. The molecule has 0 bridgehead atoms. The smallest absolute Gasteiger partial charge is 0.330 e. The molecule has 0 N–H and O–H groups in total. The van der Waals surface area contributed by atoms with Gasteiger partial charge in [0.1, 0.15) is 13.2 Å². The van der Waals surface area contributed by atoms with Crippen LogP contribution in [0.5, 0.6) is 0 Å². The van der Waals surface area contributed by atoms with Crippen molar-refractivity contribution in [2.45, 2.75) is 27.1 Å². The summed E-state index contributed by atoms with van der Waals surface area (Å²) in [5, 5.41) is 0. The fraction of sp³-hybridized carbons (Fsp3) is 0.182. The van der Waals surface area contributed by atoms with Crippen LogP contribution < -0.4 is 0 Å². The molecular weight excluding hydrogens is 328 g/mol. The van der Waals surface area contributed by atoms with Crippen LogP contribution in [0.1, 0.15) is 25.0 Å². The van der Waals surface area contributed by atoms with Crippen molar-refractivity contribution in [2.75, 3.05) is 0 Å². The van der Waals surface area contributed by atoms with Crippen molar-refractivity contribution >= 4 is 11.9 Å². The number of allylic oxidation sites excluding steroid dienone is 2. The summed E-state index contributed by atoms with van der Waals surface area (Å²) in [5.41, 5.74) is 3.98. The highest BCUT2D eigenvalue weighted by molar-refractivity contribution is 5.82. The van der Waals surface area contributed by atoms with Gasteiger partial charge < -0.3 is 9.47 Å². The van der Waals surface area contributed by atoms with Crippen molar-refractivity contribution in [3.8, 4) is 11.1 Å². The molecule has 0 aliphatic heterocycles. The summed E-state index contributed by atoms with van der Waals surface area (Å²) < 4.78 is 10.2. The molecule has 2 aromatic rings. The lowest BCUT2D eigenvalue weighted by atomic mass is 10.0. The van der Waals surface area contributed by atoms with Crippen molar-refractivity contribution in [3.63, 3.8) is 0 Å². The minimum Gasteiger partial charge on any atom is -0.458 e. The summed E-state index contributed by atoms with van der Waals surface area (Å²) in [6, 6.07) is 15.7. The number of benzene rings is 2. The van der Waals surface area contributed by atoms with E-state index in [9.17, 15) is 9.59 Å². The monoisotopic (exact) mass is 350 g/mol. The van der Waals surface area contributed by atoms with E-state index in [4.69, 9.17) is 9.47 Å². The number of hydrogen-bond acceptors (Lipinski definition) is 4. The van der Waals surface area contributed by atoms with Crippen molar-refractivity contribution in [1.29, 1.82) is 0 Å². The van der Waals surface area contributed by atoms with Crippen LogP contribution in [0.25, 0.3) is 11.1 Å². The quantitative estimate of drug-likeness (QED) is 0.541. The summed E-state index contributed by atoms with van der Waals surface area (Å²) in [4.78, 5) is 22.6. The first kappa shape index (κ1) is 19.2. The molecule has 0 atom stereocenters. The van der Waals surface area contributed by atoms with Gasteiger partial charge in [-0.25, -0.2) is 9.59 Å². The fourth-order valence-electron chi connectivity index (χ4n) is 2.26. The summed E-state index contributed by atoms with van der Waals surface area (Å²) in [7, 11) is 0. The minimum absolute atomic E-state index is 0.250. The Labute approximate surface area is 153 Å². The standard InChI is InChI=1S/C22H22O4/c1-3-5-21(23)25-15-17-7-11-19(12-8-17)20-13-9-18(10-14-20)16-26-22(24)6-4-2/h3-14H,15-16H2,1-2H3. The van der Waals surface area contributed by atoms with E-state index < -0.39 is 0 Å². The third-order valence-corrected chi connectivity index (χ3v) is 3.61. The minimum atomic E-state index is -0.345. The van der Waals surface area contributed by atoms with Gasteiger partial charge in [0.25, 0.3) is 0 Å². The lowest BCUT2D eigenvalue weighted by Gasteiger charge is -2.07. The van der Waals surface area contributed by atoms with E-state index >= 15 is 0 Å². The SMILES string of the molecule is CC=CC(=O)OCc1ccc(-c2ccc(COC(=O)C=CC)cc2)cc1. The van der Waals surface area contributed by atoms with Crippen LogP contribution in [0.2, 0.25) is 0 Å². The molecule has 0 heterocycles. The van der Waals surface area contributed by atoms with Crippen LogP contribution in [-0.4, -0.2) is 11.9 Å². The normalized spacial score (nSPS) is 11.0. The second kappa shape index (κ2) is 9.99. The van der Waals surface area contributed by atoms with Gasteiger partial charge in [0.05, 0.1) is 0 Å². The van der Waals surface area contributed by atoms with Crippen LogP contribution in [0.3, 0.4) is 0 Å². The van der Waals surface area contributed by atoms with Gasteiger partial charge >= 0.3 is 11.9 Å². The van der Waals surface area contributed by atoms with Gasteiger partial charge in [-0.1, -0.05) is 60.7 Å². The zero-order valence-electron chi connectivity index (χ0n) is 15.0. The second-order valence-corrected chi connectivity index (χ2v) is 5.61. The molecule has 0 aliphatic carbocycles. The van der Waals surface area contributed by atoms with E-state index in [1.165, 1.54) is 12.2 Å². The van der Waals surface area contributed by atoms with E-state index in [1.807, 2.05) is 48.5 Å². The first-order valence-corrected chi connectivity index (χ1v) is 8.39. The third-order valence-electron chi connectivity index (χ3n) is 3.61. The van der Waals surface area contributed by atoms with Crippen LogP contribution in [0.15, 0.2) is 72.8 Å². The van der Waals surface area contributed by atoms with E-state index in [2.05, 4.69) is 0 Å². The van der Waals surface area contributed by atoms with E-state index in [1.54, 1.807) is 26.0 Å². The predicted molar refractivity (Wildman–Crippen MR) is 101 cm³/mol. The largest absolute Gasteiger partial charge is 0.458 e. The third kappa shape index (κ3) is 6.06. The molecule has 0 radical (unpaired) electrons. The summed E-state index contributed by atoms with van der Waals surface area (Å²) in [6.07, 6.45) is 6.09. The maximum atomic E-state index is 11.3. The van der Waals surface area contributed by atoms with Gasteiger partial charge in [0, 0.05) is 12.2 Å². The topological polar surface area (TPSA) is 52.6 Å². The predicted octanol–water partition coefficient (Wildman–Crippen LogP) is 4.59. The molecule has 0 saturated heterocycles. The highest BCUT2D eigenvalue weighted by Gasteiger charge is 2.03. The molecule has 0 unspecified atom stereocenters. The molecule has 134 valence electrons. The first-order chi connectivity index (χ1) is 12.6. The molecule has 0 amide bonds. The van der Waals surface area contributed by atoms with Gasteiger partial charge in [0.15, 0.2) is 0 Å². The lowest BCUT2D eigenvalue weighted by Crippen LogP contribution is -2.00. The number of ether oxygens (including phenoxy) is 2. The van der Waals surface area contributed by atoms with Gasteiger partial charge in [-0.05, 0) is 36.1 Å². The maximum Gasteiger partial charge on any atom is 0.330 e. The van der Waals surface area contributed by atoms with Crippen LogP contribution in [0.4, 0.5) is 0 Å². The van der Waals surface area contributed by atoms with Crippen molar-refractivity contribution in [1.82, 2.24) is 0 Å². The van der Waals surface area contributed by atoms with Gasteiger partial charge in [-0.2, -0.15) is 0 Å². The number of esters is 2. The molecule has 0 spiro atoms. The Hall–Kier alpha value is -3.14. The molecule has 0 saturated carbocycles. The number of rotatable bonds is 7. The molecule has 2 rings (SSSR count). The molecule has 4 nitrogen and oxygen atoms in total. The van der Waals surface area contributed by atoms with Crippen LogP contribution in [-0.2, 0) is 32.3 Å². The van der Waals surface area contributed by atoms with E-state index in [0.717, 1.165) is 22.3 Å². The zero-order chi connectivity index (χ0) is 18.8. The van der Waals surface area contributed by atoms with Crippen molar-refractivity contribution < 1.29 is 19.1 Å². The zero-order valence-corrected chi connectivity index (χ0v) is 15.0. The highest BCUT2D eigenvalue weighted by atomic mass is 16.5. The Morgan fingerprint density at radius 3 is 1.35 bits per heavy atom. The van der Waals surface area contributed by atoms with Crippen LogP contribution in [0, 0.1) is 0 Å². The molecule has 26 heavy (non-hydrogen) atoms. The number of carbonyl (C=O) groups is 2. The fourth-order valence-corrected chi connectivity index (χ4v) is 2.26. The summed E-state index contributed by atoms with van der Waals surface area (Å²) >= 11 is 0. The highest BCUT2D eigenvalue weighted by Crippen LogP contribution is 2.21. The first-order valence-electron chi connectivity index (χ1n) is 8.39. The Kier molecular flexibility index (Phi) is 7.37. The summed E-state index contributed by atoms with van der Waals surface area (Å²) in [6.45, 7) is 4.04. The van der Waals surface area contributed by atoms with Gasteiger partial charge in [0.2, 0.25) is 0 Å². The van der Waals surface area contributed by atoms with E-state index in [-0.39, 0.29) is 25.2 Å². The Morgan fingerprint density at radius 1 is 0.692 bits per heavy atom. The average molecular weight is 350 g/mol. The Bertz CT molecular complexity index is 714. The van der Waals surface area contributed by atoms with Crippen molar-refractivity contribution in [3.05, 3.63) is 84.0 Å². The molecule has 4 heteroatoms. The van der Waals surface area contributed by atoms with Gasteiger partial charge in [-0.15, -0.1) is 0 Å². The summed E-state index contributed by atoms with van der Waals surface area (Å²) in [5.74, 6) is -0.690. The average Bonchev–Trinajstić information content (AvgIpc) is 2.66. The van der Waals surface area contributed by atoms with Gasteiger partial charge in [-0.3, -0.25) is 0 Å². The Balaban J connectivity index is 1.94. The van der Waals surface area contributed by atoms with E-state index in [0.29, 0.717) is 0 Å². The Morgan fingerprint density at radius 2 is 1.04 bits per heavy atom. The lowest BCUT2D eigenvalue weighted by molar-refractivity contribution is -0.139. The second-order valence-electron chi connectivity index (χ2n) is 5.61. The molecular formula is C22H22O4. The molecule has 0 aromatic heterocycles. The molecule has 2 aromatic carbocycles. The molecule has 0 aliphatic rings. The van der Waals surface area contributed by atoms with Crippen molar-refractivity contribution in [2.24, 2.45) is 0 Å². The molecule has 0 fully saturated rings. The number of carbonyl (C=O) groups excluding carboxylic acids is 2.